The number of nitrogens with zero attached hydrogens (tertiary/aromatic N) is 2. The fourth-order valence-corrected chi connectivity index (χ4v) is 3.15. The Morgan fingerprint density at radius 3 is 2.68 bits per heavy atom. The average Bonchev–Trinajstić information content (AvgIpc) is 2.61. The van der Waals surface area contributed by atoms with Crippen LogP contribution in [0.5, 0.6) is 0 Å². The molecule has 0 bridgehead atoms. The monoisotopic (exact) mass is 374 g/mol. The van der Waals surface area contributed by atoms with Crippen molar-refractivity contribution in [2.45, 2.75) is 5.03 Å². The van der Waals surface area contributed by atoms with E-state index in [-0.39, 0.29) is 22.1 Å². The van der Waals surface area contributed by atoms with Gasteiger partial charge in [0.15, 0.2) is 10.8 Å². The number of aromatic nitrogens is 2. The highest BCUT2D eigenvalue weighted by Gasteiger charge is 2.12. The quantitative estimate of drug-likeness (QED) is 0.500. The summed E-state index contributed by atoms with van der Waals surface area (Å²) >= 11 is 7.01. The van der Waals surface area contributed by atoms with Crippen LogP contribution in [0.4, 0.5) is 4.39 Å². The topological polar surface area (TPSA) is 52.0 Å². The van der Waals surface area contributed by atoms with Crippen LogP contribution in [-0.4, -0.2) is 21.1 Å². The number of carbonyl (C=O) groups is 1. The number of carbonyl (C=O) groups excluding carboxylic acids is 1. The average molecular weight is 375 g/mol. The van der Waals surface area contributed by atoms with E-state index in [9.17, 15) is 14.0 Å². The summed E-state index contributed by atoms with van der Waals surface area (Å²) in [6.07, 6.45) is 3.03. The zero-order chi connectivity index (χ0) is 17.8. The predicted molar refractivity (Wildman–Crippen MR) is 96.3 cm³/mol. The molecule has 25 heavy (non-hydrogen) atoms. The summed E-state index contributed by atoms with van der Waals surface area (Å²) in [5.41, 5.74) is 0.674. The Morgan fingerprint density at radius 1 is 1.20 bits per heavy atom. The maximum atomic E-state index is 12.9. The number of thioether (sulfide) groups is 1. The lowest BCUT2D eigenvalue weighted by Gasteiger charge is -2.07. The van der Waals surface area contributed by atoms with E-state index in [4.69, 9.17) is 11.6 Å². The summed E-state index contributed by atoms with van der Waals surface area (Å²) < 4.78 is 14.3. The van der Waals surface area contributed by atoms with E-state index in [1.165, 1.54) is 35.0 Å². The molecule has 7 heteroatoms. The third-order valence-electron chi connectivity index (χ3n) is 3.40. The van der Waals surface area contributed by atoms with Crippen LogP contribution in [0, 0.1) is 5.82 Å². The van der Waals surface area contributed by atoms with Crippen LogP contribution >= 0.6 is 23.4 Å². The molecule has 0 amide bonds. The highest BCUT2D eigenvalue weighted by Crippen LogP contribution is 2.16. The molecule has 0 unspecified atom stereocenters. The number of benzene rings is 2. The van der Waals surface area contributed by atoms with Crippen molar-refractivity contribution in [3.8, 4) is 5.69 Å². The van der Waals surface area contributed by atoms with Crippen molar-refractivity contribution in [2.24, 2.45) is 0 Å². The molecule has 0 aliphatic rings. The zero-order valence-corrected chi connectivity index (χ0v) is 14.4. The summed E-state index contributed by atoms with van der Waals surface area (Å²) in [5.74, 6) is -0.573. The molecule has 0 aliphatic carbocycles. The predicted octanol–water partition coefficient (Wildman–Crippen LogP) is 4.00. The summed E-state index contributed by atoms with van der Waals surface area (Å²) in [6, 6.07) is 12.2. The van der Waals surface area contributed by atoms with E-state index in [1.54, 1.807) is 30.5 Å². The molecule has 0 radical (unpaired) electrons. The van der Waals surface area contributed by atoms with E-state index >= 15 is 0 Å². The first-order valence-electron chi connectivity index (χ1n) is 7.30. The molecule has 0 spiro atoms. The van der Waals surface area contributed by atoms with Gasteiger partial charge in [-0.3, -0.25) is 14.2 Å². The van der Waals surface area contributed by atoms with Crippen molar-refractivity contribution in [3.63, 3.8) is 0 Å². The molecular weight excluding hydrogens is 363 g/mol. The van der Waals surface area contributed by atoms with Crippen LogP contribution in [0.25, 0.3) is 5.69 Å². The Morgan fingerprint density at radius 2 is 1.96 bits per heavy atom. The first kappa shape index (κ1) is 17.4. The minimum atomic E-state index is -0.404. The molecular formula is C18H12ClFN2O2S. The number of hydrogen-bond donors (Lipinski definition) is 0. The maximum absolute atomic E-state index is 12.9. The van der Waals surface area contributed by atoms with Crippen LogP contribution in [0.1, 0.15) is 10.4 Å². The highest BCUT2D eigenvalue weighted by molar-refractivity contribution is 7.99. The lowest BCUT2D eigenvalue weighted by Crippen LogP contribution is -2.21. The van der Waals surface area contributed by atoms with Gasteiger partial charge in [-0.25, -0.2) is 9.37 Å². The lowest BCUT2D eigenvalue weighted by atomic mass is 10.1. The number of halogens is 2. The first-order valence-corrected chi connectivity index (χ1v) is 8.66. The highest BCUT2D eigenvalue weighted by atomic mass is 35.5. The smallest absolute Gasteiger partial charge is 0.287 e. The summed E-state index contributed by atoms with van der Waals surface area (Å²) in [4.78, 5) is 28.7. The summed E-state index contributed by atoms with van der Waals surface area (Å²) in [6.45, 7) is 0. The van der Waals surface area contributed by atoms with E-state index in [0.717, 1.165) is 11.8 Å². The van der Waals surface area contributed by atoms with Gasteiger partial charge in [-0.15, -0.1) is 0 Å². The molecule has 4 nitrogen and oxygen atoms in total. The molecule has 3 rings (SSSR count). The van der Waals surface area contributed by atoms with E-state index in [1.807, 2.05) is 0 Å². The zero-order valence-electron chi connectivity index (χ0n) is 12.9. The van der Waals surface area contributed by atoms with Gasteiger partial charge in [0.05, 0.1) is 11.4 Å². The Bertz CT molecular complexity index is 973. The molecule has 0 N–H and O–H groups in total. The number of rotatable bonds is 5. The Hall–Kier alpha value is -2.44. The van der Waals surface area contributed by atoms with E-state index in [2.05, 4.69) is 4.98 Å². The minimum absolute atomic E-state index is 0.0352. The largest absolute Gasteiger partial charge is 0.293 e. The van der Waals surface area contributed by atoms with E-state index < -0.39 is 5.82 Å². The van der Waals surface area contributed by atoms with Crippen LogP contribution in [0.3, 0.4) is 0 Å². The second-order valence-corrected chi connectivity index (χ2v) is 6.51. The van der Waals surface area contributed by atoms with E-state index in [0.29, 0.717) is 16.3 Å². The summed E-state index contributed by atoms with van der Waals surface area (Å²) in [7, 11) is 0. The van der Waals surface area contributed by atoms with Crippen molar-refractivity contribution in [1.29, 1.82) is 0 Å². The van der Waals surface area contributed by atoms with Gasteiger partial charge in [-0.2, -0.15) is 0 Å². The molecule has 0 saturated carbocycles. The third-order valence-corrected chi connectivity index (χ3v) is 4.60. The molecule has 0 aliphatic heterocycles. The van der Waals surface area contributed by atoms with Gasteiger partial charge in [0, 0.05) is 23.0 Å². The third kappa shape index (κ3) is 4.15. The standard InChI is InChI=1S/C18H12ClFN2O2S/c19-13-2-1-3-15(10-13)22-9-8-21-17(18(22)24)25-11-16(23)12-4-6-14(20)7-5-12/h1-10H,11H2. The van der Waals surface area contributed by atoms with Gasteiger partial charge in [0.2, 0.25) is 0 Å². The van der Waals surface area contributed by atoms with Crippen LogP contribution in [0.15, 0.2) is 70.7 Å². The number of hydrogen-bond acceptors (Lipinski definition) is 4. The molecule has 1 heterocycles. The normalized spacial score (nSPS) is 10.6. The van der Waals surface area contributed by atoms with Crippen LogP contribution < -0.4 is 5.56 Å². The number of Topliss-reactive ketones (excluding diaryl/α,β-unsaturated/α-hetero) is 1. The SMILES string of the molecule is O=C(CSc1nccn(-c2cccc(Cl)c2)c1=O)c1ccc(F)cc1. The first-order chi connectivity index (χ1) is 12.0. The minimum Gasteiger partial charge on any atom is -0.293 e. The molecule has 126 valence electrons. The molecule has 1 aromatic heterocycles. The number of ketones is 1. The van der Waals surface area contributed by atoms with Crippen molar-refractivity contribution in [3.05, 3.63) is 87.7 Å². The van der Waals surface area contributed by atoms with Crippen molar-refractivity contribution in [2.75, 3.05) is 5.75 Å². The van der Waals surface area contributed by atoms with Crippen molar-refractivity contribution >= 4 is 29.1 Å². The second kappa shape index (κ2) is 7.63. The van der Waals surface area contributed by atoms with Gasteiger partial charge in [0.25, 0.3) is 5.56 Å². The van der Waals surface area contributed by atoms with Gasteiger partial charge >= 0.3 is 0 Å². The molecule has 0 atom stereocenters. The molecule has 2 aromatic carbocycles. The van der Waals surface area contributed by atoms with Gasteiger partial charge < -0.3 is 0 Å². The maximum Gasteiger partial charge on any atom is 0.287 e. The van der Waals surface area contributed by atoms with Gasteiger partial charge in [0.1, 0.15) is 5.82 Å². The Kier molecular flexibility index (Phi) is 5.31. The van der Waals surface area contributed by atoms with Crippen LogP contribution in [0.2, 0.25) is 5.02 Å². The second-order valence-electron chi connectivity index (χ2n) is 5.11. The fourth-order valence-electron chi connectivity index (χ4n) is 2.17. The van der Waals surface area contributed by atoms with Crippen LogP contribution in [-0.2, 0) is 0 Å². The molecule has 0 fully saturated rings. The van der Waals surface area contributed by atoms with Gasteiger partial charge in [-0.05, 0) is 42.5 Å². The fraction of sp³-hybridized carbons (Fsp3) is 0.0556. The Labute approximate surface area is 152 Å². The van der Waals surface area contributed by atoms with Gasteiger partial charge in [-0.1, -0.05) is 29.4 Å². The molecule has 3 aromatic rings. The van der Waals surface area contributed by atoms with Crippen molar-refractivity contribution < 1.29 is 9.18 Å². The molecule has 0 saturated heterocycles. The Balaban J connectivity index is 1.80. The summed E-state index contributed by atoms with van der Waals surface area (Å²) in [5, 5.41) is 0.722. The lowest BCUT2D eigenvalue weighted by molar-refractivity contribution is 0.102. The van der Waals surface area contributed by atoms with Crippen molar-refractivity contribution in [1.82, 2.24) is 9.55 Å².